The fourth-order valence-corrected chi connectivity index (χ4v) is 3.22. The van der Waals surface area contributed by atoms with E-state index in [0.29, 0.717) is 0 Å². The third-order valence-corrected chi connectivity index (χ3v) is 4.46. The predicted octanol–water partition coefficient (Wildman–Crippen LogP) is 1.75. The van der Waals surface area contributed by atoms with Crippen LogP contribution >= 0.6 is 0 Å². The number of hydrogen-bond donors (Lipinski definition) is 0. The van der Waals surface area contributed by atoms with Gasteiger partial charge in [-0.05, 0) is 23.6 Å². The maximum absolute atomic E-state index is 5.42. The van der Waals surface area contributed by atoms with Crippen molar-refractivity contribution in [1.82, 2.24) is 0 Å². The molecule has 0 aliphatic rings. The molecule has 0 amide bonds. The van der Waals surface area contributed by atoms with Crippen molar-refractivity contribution < 1.29 is 8.85 Å². The van der Waals surface area contributed by atoms with Crippen molar-refractivity contribution in [1.29, 1.82) is 0 Å². The van der Waals surface area contributed by atoms with Crippen LogP contribution in [0.5, 0.6) is 0 Å². The van der Waals surface area contributed by atoms with Crippen LogP contribution in [0, 0.1) is 0 Å². The number of aryl methyl sites for hydroxylation is 1. The van der Waals surface area contributed by atoms with E-state index < -0.39 is 9.28 Å². The molecule has 0 aliphatic carbocycles. The maximum Gasteiger partial charge on any atom is 0.355 e. The highest BCUT2D eigenvalue weighted by Gasteiger charge is 2.16. The zero-order valence-electron chi connectivity index (χ0n) is 9.82. The highest BCUT2D eigenvalue weighted by Crippen LogP contribution is 2.04. The Hall–Kier alpha value is -0.643. The summed E-state index contributed by atoms with van der Waals surface area (Å²) in [6.45, 7) is 2.21. The first-order valence-corrected chi connectivity index (χ1v) is 6.98. The van der Waals surface area contributed by atoms with Crippen LogP contribution in [0.25, 0.3) is 0 Å². The molecular formula is C12H20O2Si. The lowest BCUT2D eigenvalue weighted by Gasteiger charge is -2.15. The molecule has 0 saturated carbocycles. The average molecular weight is 224 g/mol. The van der Waals surface area contributed by atoms with Gasteiger partial charge in [0, 0.05) is 14.2 Å². The second kappa shape index (κ2) is 6.77. The van der Waals surface area contributed by atoms with Crippen LogP contribution in [0.15, 0.2) is 24.3 Å². The van der Waals surface area contributed by atoms with Crippen molar-refractivity contribution in [3.05, 3.63) is 29.8 Å². The molecule has 0 heterocycles. The molecule has 0 aromatic heterocycles. The SMILES string of the molecule is CCCCc1ccccc1[SiH](OC)OC. The Morgan fingerprint density at radius 3 is 2.40 bits per heavy atom. The highest BCUT2D eigenvalue weighted by atomic mass is 28.3. The van der Waals surface area contributed by atoms with Gasteiger partial charge in [0.05, 0.1) is 0 Å². The molecule has 1 rings (SSSR count). The summed E-state index contributed by atoms with van der Waals surface area (Å²) in [7, 11) is 1.83. The van der Waals surface area contributed by atoms with E-state index in [4.69, 9.17) is 8.85 Å². The molecule has 3 heteroatoms. The number of hydrogen-bond acceptors (Lipinski definition) is 2. The Labute approximate surface area is 94.1 Å². The summed E-state index contributed by atoms with van der Waals surface area (Å²) < 4.78 is 10.8. The van der Waals surface area contributed by atoms with E-state index in [1.165, 1.54) is 23.6 Å². The third-order valence-electron chi connectivity index (χ3n) is 2.54. The second-order valence-electron chi connectivity index (χ2n) is 3.61. The van der Waals surface area contributed by atoms with Gasteiger partial charge in [-0.25, -0.2) is 0 Å². The van der Waals surface area contributed by atoms with Crippen molar-refractivity contribution in [3.63, 3.8) is 0 Å². The molecule has 0 atom stereocenters. The summed E-state index contributed by atoms with van der Waals surface area (Å²) in [5.74, 6) is 0. The Morgan fingerprint density at radius 1 is 1.13 bits per heavy atom. The summed E-state index contributed by atoms with van der Waals surface area (Å²) >= 11 is 0. The van der Waals surface area contributed by atoms with Gasteiger partial charge in [0.25, 0.3) is 0 Å². The van der Waals surface area contributed by atoms with Crippen LogP contribution < -0.4 is 5.19 Å². The van der Waals surface area contributed by atoms with Crippen LogP contribution in [-0.2, 0) is 15.3 Å². The maximum atomic E-state index is 5.42. The summed E-state index contributed by atoms with van der Waals surface area (Å²) in [5, 5.41) is 1.29. The lowest BCUT2D eigenvalue weighted by molar-refractivity contribution is 0.291. The van der Waals surface area contributed by atoms with Gasteiger partial charge in [0.2, 0.25) is 0 Å². The first-order chi connectivity index (χ1) is 7.33. The van der Waals surface area contributed by atoms with Crippen molar-refractivity contribution >= 4 is 14.5 Å². The lowest BCUT2D eigenvalue weighted by Crippen LogP contribution is -2.37. The monoisotopic (exact) mass is 224 g/mol. The Kier molecular flexibility index (Phi) is 5.61. The summed E-state index contributed by atoms with van der Waals surface area (Å²) in [6, 6.07) is 8.46. The Bertz CT molecular complexity index is 285. The molecular weight excluding hydrogens is 204 g/mol. The van der Waals surface area contributed by atoms with Gasteiger partial charge < -0.3 is 8.85 Å². The van der Waals surface area contributed by atoms with E-state index in [2.05, 4.69) is 31.2 Å². The van der Waals surface area contributed by atoms with Gasteiger partial charge in [-0.3, -0.25) is 0 Å². The molecule has 2 nitrogen and oxygen atoms in total. The van der Waals surface area contributed by atoms with Gasteiger partial charge in [-0.2, -0.15) is 0 Å². The number of rotatable bonds is 6. The van der Waals surface area contributed by atoms with Crippen LogP contribution in [0.3, 0.4) is 0 Å². The molecule has 84 valence electrons. The van der Waals surface area contributed by atoms with Gasteiger partial charge >= 0.3 is 9.28 Å². The van der Waals surface area contributed by atoms with Crippen LogP contribution in [0.4, 0.5) is 0 Å². The van der Waals surface area contributed by atoms with Gasteiger partial charge in [-0.15, -0.1) is 0 Å². The normalized spacial score (nSPS) is 10.9. The van der Waals surface area contributed by atoms with Gasteiger partial charge in [0.1, 0.15) is 0 Å². The minimum absolute atomic E-state index is 1.13. The van der Waals surface area contributed by atoms with Crippen LogP contribution in [-0.4, -0.2) is 23.5 Å². The van der Waals surface area contributed by atoms with E-state index in [0.717, 1.165) is 6.42 Å². The largest absolute Gasteiger partial charge is 0.397 e. The van der Waals surface area contributed by atoms with Gasteiger partial charge in [-0.1, -0.05) is 37.6 Å². The second-order valence-corrected chi connectivity index (χ2v) is 5.83. The fraction of sp³-hybridized carbons (Fsp3) is 0.500. The molecule has 1 aromatic rings. The third kappa shape index (κ3) is 3.45. The standard InChI is InChI=1S/C12H20O2Si/c1-4-5-8-11-9-6-7-10-12(11)15(13-2)14-3/h6-7,9-10,15H,4-5,8H2,1-3H3. The Balaban J connectivity index is 2.84. The quantitative estimate of drug-likeness (QED) is 0.685. The highest BCUT2D eigenvalue weighted by molar-refractivity contribution is 6.61. The number of unbranched alkanes of at least 4 members (excludes halogenated alkanes) is 1. The first-order valence-electron chi connectivity index (χ1n) is 5.46. The molecule has 1 aromatic carbocycles. The minimum Gasteiger partial charge on any atom is -0.397 e. The zero-order chi connectivity index (χ0) is 11.1. The Morgan fingerprint density at radius 2 is 1.80 bits per heavy atom. The van der Waals surface area contributed by atoms with Crippen molar-refractivity contribution in [2.24, 2.45) is 0 Å². The minimum atomic E-state index is -1.63. The molecule has 0 aliphatic heterocycles. The molecule has 0 fully saturated rings. The summed E-state index contributed by atoms with van der Waals surface area (Å²) in [4.78, 5) is 0. The van der Waals surface area contributed by atoms with Gasteiger partial charge in [0.15, 0.2) is 0 Å². The number of benzene rings is 1. The molecule has 0 radical (unpaired) electrons. The zero-order valence-corrected chi connectivity index (χ0v) is 11.0. The average Bonchev–Trinajstić information content (AvgIpc) is 2.29. The molecule has 0 bridgehead atoms. The van der Waals surface area contributed by atoms with E-state index in [1.54, 1.807) is 14.2 Å². The van der Waals surface area contributed by atoms with E-state index in [-0.39, 0.29) is 0 Å². The fourth-order valence-electron chi connectivity index (χ4n) is 1.71. The topological polar surface area (TPSA) is 18.5 Å². The molecule has 0 unspecified atom stereocenters. The van der Waals surface area contributed by atoms with Crippen molar-refractivity contribution in [3.8, 4) is 0 Å². The smallest absolute Gasteiger partial charge is 0.355 e. The van der Waals surface area contributed by atoms with Crippen molar-refractivity contribution in [2.75, 3.05) is 14.2 Å². The van der Waals surface area contributed by atoms with Crippen LogP contribution in [0.2, 0.25) is 0 Å². The van der Waals surface area contributed by atoms with Crippen molar-refractivity contribution in [2.45, 2.75) is 26.2 Å². The molecule has 0 N–H and O–H groups in total. The van der Waals surface area contributed by atoms with E-state index >= 15 is 0 Å². The molecule has 0 spiro atoms. The summed E-state index contributed by atoms with van der Waals surface area (Å²) in [6.07, 6.45) is 3.58. The molecule has 15 heavy (non-hydrogen) atoms. The predicted molar refractivity (Wildman–Crippen MR) is 65.9 cm³/mol. The summed E-state index contributed by atoms with van der Waals surface area (Å²) in [5.41, 5.74) is 1.39. The lowest BCUT2D eigenvalue weighted by atomic mass is 10.1. The van der Waals surface area contributed by atoms with E-state index in [9.17, 15) is 0 Å². The molecule has 0 saturated heterocycles. The van der Waals surface area contributed by atoms with E-state index in [1.807, 2.05) is 0 Å². The first kappa shape index (κ1) is 12.4. The van der Waals surface area contributed by atoms with Crippen LogP contribution in [0.1, 0.15) is 25.3 Å².